The summed E-state index contributed by atoms with van der Waals surface area (Å²) in [5.74, 6) is 0.506. The molecule has 2 heterocycles. The first-order valence-corrected chi connectivity index (χ1v) is 11.8. The fourth-order valence-electron chi connectivity index (χ4n) is 4.32. The largest absolute Gasteiger partial charge is 0.484 e. The highest BCUT2D eigenvalue weighted by molar-refractivity contribution is 7.89. The molecule has 8 heteroatoms. The molecule has 0 aromatic heterocycles. The number of ketones is 1. The number of piperidine rings is 1. The van der Waals surface area contributed by atoms with Gasteiger partial charge in [0, 0.05) is 31.1 Å². The lowest BCUT2D eigenvalue weighted by atomic mass is 9.93. The maximum absolute atomic E-state index is 13.3. The van der Waals surface area contributed by atoms with Crippen molar-refractivity contribution in [1.82, 2.24) is 9.21 Å². The van der Waals surface area contributed by atoms with E-state index in [2.05, 4.69) is 0 Å². The fourth-order valence-corrected chi connectivity index (χ4v) is 5.87. The van der Waals surface area contributed by atoms with Crippen molar-refractivity contribution in [3.63, 3.8) is 0 Å². The van der Waals surface area contributed by atoms with Gasteiger partial charge in [-0.1, -0.05) is 30.3 Å². The van der Waals surface area contributed by atoms with Gasteiger partial charge in [0.05, 0.1) is 18.0 Å². The van der Waals surface area contributed by atoms with E-state index in [4.69, 9.17) is 4.74 Å². The molecule has 0 N–H and O–H groups in total. The number of carbonyl (C=O) groups is 2. The molecule has 31 heavy (non-hydrogen) atoms. The van der Waals surface area contributed by atoms with E-state index in [1.54, 1.807) is 4.90 Å². The number of hydrogen-bond donors (Lipinski definition) is 0. The molecule has 2 aliphatic heterocycles. The molecule has 2 aromatic rings. The van der Waals surface area contributed by atoms with Gasteiger partial charge in [0.15, 0.2) is 5.78 Å². The van der Waals surface area contributed by atoms with E-state index < -0.39 is 15.6 Å². The van der Waals surface area contributed by atoms with Crippen LogP contribution in [0.3, 0.4) is 0 Å². The molecular weight excluding hydrogens is 416 g/mol. The standard InChI is InChI=1S/C23H26N2O5S/c1-17(26)19-8-10-21(11-9-19)31(28,29)25-13-5-12-23(16-25)15-24(18(2)27)14-20-6-3-4-7-22(20)30-23/h3-4,6-11H,5,12-16H2,1-2H3. The van der Waals surface area contributed by atoms with Crippen LogP contribution in [0.25, 0.3) is 0 Å². The van der Waals surface area contributed by atoms with Crippen molar-refractivity contribution in [2.24, 2.45) is 0 Å². The second kappa shape index (κ2) is 8.09. The molecule has 1 atom stereocenters. The van der Waals surface area contributed by atoms with Crippen LogP contribution in [0.15, 0.2) is 53.4 Å². The number of nitrogens with zero attached hydrogens (tertiary/aromatic N) is 2. The van der Waals surface area contributed by atoms with Gasteiger partial charge in [-0.25, -0.2) is 8.42 Å². The molecule has 0 saturated carbocycles. The summed E-state index contributed by atoms with van der Waals surface area (Å²) in [4.78, 5) is 25.7. The Kier molecular flexibility index (Phi) is 5.61. The van der Waals surface area contributed by atoms with E-state index in [0.717, 1.165) is 5.56 Å². The van der Waals surface area contributed by atoms with Crippen LogP contribution in [-0.4, -0.2) is 54.5 Å². The Bertz CT molecular complexity index is 1110. The predicted molar refractivity (Wildman–Crippen MR) is 115 cm³/mol. The number of Topliss-reactive ketones (excluding diaryl/α,β-unsaturated/α-hetero) is 1. The number of para-hydroxylation sites is 1. The molecule has 2 aromatic carbocycles. The van der Waals surface area contributed by atoms with Crippen molar-refractivity contribution < 1.29 is 22.7 Å². The van der Waals surface area contributed by atoms with Crippen LogP contribution in [0.2, 0.25) is 0 Å². The van der Waals surface area contributed by atoms with Crippen LogP contribution in [0.5, 0.6) is 5.75 Å². The minimum atomic E-state index is -3.77. The zero-order valence-electron chi connectivity index (χ0n) is 17.7. The van der Waals surface area contributed by atoms with Crippen LogP contribution < -0.4 is 4.74 Å². The average Bonchev–Trinajstić information content (AvgIpc) is 2.90. The third-order valence-corrected chi connectivity index (χ3v) is 7.85. The van der Waals surface area contributed by atoms with Crippen LogP contribution in [0.1, 0.15) is 42.6 Å². The molecule has 2 aliphatic rings. The molecule has 0 aliphatic carbocycles. The summed E-state index contributed by atoms with van der Waals surface area (Å²) in [5.41, 5.74) is 0.562. The Balaban J connectivity index is 1.66. The summed E-state index contributed by atoms with van der Waals surface area (Å²) in [6.45, 7) is 4.26. The van der Waals surface area contributed by atoms with Crippen LogP contribution in [-0.2, 0) is 21.4 Å². The minimum absolute atomic E-state index is 0.0699. The third kappa shape index (κ3) is 4.22. The van der Waals surface area contributed by atoms with Crippen molar-refractivity contribution >= 4 is 21.7 Å². The zero-order chi connectivity index (χ0) is 22.2. The lowest BCUT2D eigenvalue weighted by Crippen LogP contribution is -2.58. The number of hydrogen-bond acceptors (Lipinski definition) is 5. The molecule has 0 bridgehead atoms. The maximum Gasteiger partial charge on any atom is 0.243 e. The Hall–Kier alpha value is -2.71. The molecule has 1 amide bonds. The monoisotopic (exact) mass is 442 g/mol. The summed E-state index contributed by atoms with van der Waals surface area (Å²) < 4.78 is 34.6. The van der Waals surface area contributed by atoms with Gasteiger partial charge in [-0.05, 0) is 38.0 Å². The SMILES string of the molecule is CC(=O)c1ccc(S(=O)(=O)N2CCCC3(CN(C(C)=O)Cc4ccccc4O3)C2)cc1. The van der Waals surface area contributed by atoms with Gasteiger partial charge in [-0.2, -0.15) is 4.31 Å². The van der Waals surface area contributed by atoms with Gasteiger partial charge in [0.1, 0.15) is 11.4 Å². The molecule has 164 valence electrons. The summed E-state index contributed by atoms with van der Waals surface area (Å²) in [5, 5.41) is 0. The zero-order valence-corrected chi connectivity index (χ0v) is 18.5. The molecule has 0 radical (unpaired) electrons. The number of benzene rings is 2. The summed E-state index contributed by atoms with van der Waals surface area (Å²) in [6, 6.07) is 13.6. The van der Waals surface area contributed by atoms with Crippen LogP contribution in [0, 0.1) is 0 Å². The van der Waals surface area contributed by atoms with Gasteiger partial charge in [-0.3, -0.25) is 9.59 Å². The van der Waals surface area contributed by atoms with E-state index in [9.17, 15) is 18.0 Å². The summed E-state index contributed by atoms with van der Waals surface area (Å²) in [6.07, 6.45) is 1.28. The quantitative estimate of drug-likeness (QED) is 0.683. The number of sulfonamides is 1. The van der Waals surface area contributed by atoms with Crippen molar-refractivity contribution in [3.05, 3.63) is 59.7 Å². The first kappa shape index (κ1) is 21.5. The highest BCUT2D eigenvalue weighted by Gasteiger charge is 2.45. The highest BCUT2D eigenvalue weighted by atomic mass is 32.2. The van der Waals surface area contributed by atoms with Crippen molar-refractivity contribution in [3.8, 4) is 5.75 Å². The second-order valence-corrected chi connectivity index (χ2v) is 10.2. The first-order valence-electron chi connectivity index (χ1n) is 10.3. The van der Waals surface area contributed by atoms with Gasteiger partial charge in [0.2, 0.25) is 15.9 Å². The van der Waals surface area contributed by atoms with E-state index in [1.807, 2.05) is 24.3 Å². The second-order valence-electron chi connectivity index (χ2n) is 8.29. The topological polar surface area (TPSA) is 84.0 Å². The Labute approximate surface area is 182 Å². The van der Waals surface area contributed by atoms with Crippen LogP contribution >= 0.6 is 0 Å². The molecule has 7 nitrogen and oxygen atoms in total. The summed E-state index contributed by atoms with van der Waals surface area (Å²) >= 11 is 0. The number of amides is 1. The molecule has 4 rings (SSSR count). The van der Waals surface area contributed by atoms with E-state index in [1.165, 1.54) is 42.4 Å². The lowest BCUT2D eigenvalue weighted by Gasteiger charge is -2.43. The van der Waals surface area contributed by atoms with Gasteiger partial charge < -0.3 is 9.64 Å². The number of rotatable bonds is 3. The van der Waals surface area contributed by atoms with Crippen molar-refractivity contribution in [2.75, 3.05) is 19.6 Å². The minimum Gasteiger partial charge on any atom is -0.484 e. The number of ether oxygens (including phenoxy) is 1. The molecule has 1 spiro atoms. The van der Waals surface area contributed by atoms with E-state index in [-0.39, 0.29) is 23.1 Å². The van der Waals surface area contributed by atoms with Crippen molar-refractivity contribution in [1.29, 1.82) is 0 Å². The fraction of sp³-hybridized carbons (Fsp3) is 0.391. The average molecular weight is 443 g/mol. The van der Waals surface area contributed by atoms with Crippen LogP contribution in [0.4, 0.5) is 0 Å². The normalized spacial score (nSPS) is 21.8. The smallest absolute Gasteiger partial charge is 0.243 e. The van der Waals surface area contributed by atoms with Gasteiger partial charge >= 0.3 is 0 Å². The molecular formula is C23H26N2O5S. The lowest BCUT2D eigenvalue weighted by molar-refractivity contribution is -0.132. The van der Waals surface area contributed by atoms with Gasteiger partial charge in [-0.15, -0.1) is 0 Å². The van der Waals surface area contributed by atoms with Crippen molar-refractivity contribution in [2.45, 2.75) is 43.7 Å². The van der Waals surface area contributed by atoms with Gasteiger partial charge in [0.25, 0.3) is 0 Å². The van der Waals surface area contributed by atoms with E-state index in [0.29, 0.717) is 43.8 Å². The Morgan fingerprint density at radius 3 is 2.39 bits per heavy atom. The Morgan fingerprint density at radius 2 is 1.71 bits per heavy atom. The third-order valence-electron chi connectivity index (χ3n) is 5.99. The highest BCUT2D eigenvalue weighted by Crippen LogP contribution is 2.36. The molecule has 1 fully saturated rings. The molecule has 1 unspecified atom stereocenters. The number of fused-ring (bicyclic) bond motifs is 1. The first-order chi connectivity index (χ1) is 14.7. The molecule has 1 saturated heterocycles. The maximum atomic E-state index is 13.3. The predicted octanol–water partition coefficient (Wildman–Crippen LogP) is 2.85. The Morgan fingerprint density at radius 1 is 1.00 bits per heavy atom. The number of carbonyl (C=O) groups excluding carboxylic acids is 2. The summed E-state index contributed by atoms with van der Waals surface area (Å²) in [7, 11) is -3.77. The van der Waals surface area contributed by atoms with E-state index >= 15 is 0 Å².